The topological polar surface area (TPSA) is 68.2 Å². The molecule has 25 heavy (non-hydrogen) atoms. The van der Waals surface area contributed by atoms with Gasteiger partial charge in [-0.3, -0.25) is 4.98 Å². The Labute approximate surface area is 160 Å². The number of halogens is 2. The van der Waals surface area contributed by atoms with Gasteiger partial charge in [-0.15, -0.1) is 0 Å². The molecule has 0 atom stereocenters. The second-order valence-electron chi connectivity index (χ2n) is 5.04. The van der Waals surface area contributed by atoms with Gasteiger partial charge in [-0.1, -0.05) is 35.0 Å². The van der Waals surface area contributed by atoms with Gasteiger partial charge in [-0.2, -0.15) is 4.98 Å². The van der Waals surface area contributed by atoms with Crippen LogP contribution < -0.4 is 4.74 Å². The van der Waals surface area contributed by atoms with Gasteiger partial charge in [0.15, 0.2) is 5.16 Å². The molecular formula is C16H18Cl2N4O2S. The first-order valence-electron chi connectivity index (χ1n) is 7.67. The third-order valence-electron chi connectivity index (χ3n) is 3.32. The molecule has 134 valence electrons. The van der Waals surface area contributed by atoms with Gasteiger partial charge in [0.2, 0.25) is 5.88 Å². The van der Waals surface area contributed by atoms with Crippen molar-refractivity contribution in [3.63, 3.8) is 0 Å². The first-order chi connectivity index (χ1) is 11.9. The molecule has 6 nitrogen and oxygen atoms in total. The first-order valence-corrected chi connectivity index (χ1v) is 9.41. The van der Waals surface area contributed by atoms with Crippen LogP contribution in [0.3, 0.4) is 0 Å². The molecule has 0 unspecified atom stereocenters. The van der Waals surface area contributed by atoms with Crippen LogP contribution in [0.15, 0.2) is 23.6 Å². The summed E-state index contributed by atoms with van der Waals surface area (Å²) in [6.07, 6.45) is 2.65. The summed E-state index contributed by atoms with van der Waals surface area (Å²) in [5.74, 6) is 0.700. The van der Waals surface area contributed by atoms with E-state index in [1.165, 1.54) is 24.2 Å². The lowest BCUT2D eigenvalue weighted by Gasteiger charge is -2.17. The molecule has 0 aliphatic heterocycles. The highest BCUT2D eigenvalue weighted by Gasteiger charge is 2.15. The minimum Gasteiger partial charge on any atom is -0.391 e. The van der Waals surface area contributed by atoms with E-state index in [1.807, 2.05) is 20.8 Å². The zero-order valence-electron chi connectivity index (χ0n) is 14.1. The second-order valence-corrected chi connectivity index (χ2v) is 6.80. The summed E-state index contributed by atoms with van der Waals surface area (Å²) in [5.41, 5.74) is 1.46. The Morgan fingerprint density at radius 1 is 1.20 bits per heavy atom. The molecule has 0 aromatic carbocycles. The monoisotopic (exact) mass is 400 g/mol. The maximum absolute atomic E-state index is 12.1. The Kier molecular flexibility index (Phi) is 7.28. The van der Waals surface area contributed by atoms with Crippen molar-refractivity contribution in [2.45, 2.75) is 31.7 Å². The zero-order valence-corrected chi connectivity index (χ0v) is 16.5. The number of pyridine rings is 1. The lowest BCUT2D eigenvalue weighted by molar-refractivity contribution is 0.155. The lowest BCUT2D eigenvalue weighted by Crippen LogP contribution is -2.33. The fraction of sp³-hybridized carbons (Fsp3) is 0.375. The highest BCUT2D eigenvalue weighted by Crippen LogP contribution is 2.30. The number of nitrogens with zero attached hydrogens (tertiary/aromatic N) is 4. The van der Waals surface area contributed by atoms with Gasteiger partial charge in [0.25, 0.3) is 0 Å². The number of ether oxygens (including phenoxy) is 1. The molecule has 9 heteroatoms. The van der Waals surface area contributed by atoms with Gasteiger partial charge >= 0.3 is 6.09 Å². The molecule has 0 saturated carbocycles. The van der Waals surface area contributed by atoms with E-state index in [0.717, 1.165) is 5.56 Å². The van der Waals surface area contributed by atoms with Crippen LogP contribution >= 0.6 is 35.0 Å². The van der Waals surface area contributed by atoms with Crippen molar-refractivity contribution in [1.29, 1.82) is 0 Å². The number of carbonyl (C=O) groups is 1. The fourth-order valence-corrected chi connectivity index (χ4v) is 3.58. The number of aromatic nitrogens is 3. The Morgan fingerprint density at radius 3 is 2.44 bits per heavy atom. The molecule has 2 rings (SSSR count). The van der Waals surface area contributed by atoms with Crippen molar-refractivity contribution in [2.24, 2.45) is 0 Å². The summed E-state index contributed by atoms with van der Waals surface area (Å²) < 4.78 is 5.34. The number of aryl methyl sites for hydroxylation is 1. The van der Waals surface area contributed by atoms with Gasteiger partial charge in [-0.25, -0.2) is 9.78 Å². The molecule has 2 aromatic heterocycles. The van der Waals surface area contributed by atoms with Crippen molar-refractivity contribution in [1.82, 2.24) is 19.9 Å². The highest BCUT2D eigenvalue weighted by atomic mass is 35.5. The van der Waals surface area contributed by atoms with E-state index in [2.05, 4.69) is 15.0 Å². The third kappa shape index (κ3) is 5.45. The van der Waals surface area contributed by atoms with Crippen LogP contribution in [0.4, 0.5) is 4.79 Å². The van der Waals surface area contributed by atoms with Gasteiger partial charge in [0, 0.05) is 48.6 Å². The van der Waals surface area contributed by atoms with Gasteiger partial charge < -0.3 is 9.64 Å². The Bertz CT molecular complexity index is 737. The van der Waals surface area contributed by atoms with Crippen LogP contribution in [0.25, 0.3) is 0 Å². The largest absolute Gasteiger partial charge is 0.416 e. The Morgan fingerprint density at radius 2 is 1.84 bits per heavy atom. The molecule has 0 N–H and O–H groups in total. The van der Waals surface area contributed by atoms with Crippen molar-refractivity contribution >= 4 is 41.1 Å². The summed E-state index contributed by atoms with van der Waals surface area (Å²) in [6.45, 7) is 6.73. The normalized spacial score (nSPS) is 10.6. The first kappa shape index (κ1) is 19.8. The molecular weight excluding hydrogens is 383 g/mol. The molecule has 0 saturated heterocycles. The van der Waals surface area contributed by atoms with Crippen LogP contribution in [-0.4, -0.2) is 39.0 Å². The molecule has 1 amide bonds. The summed E-state index contributed by atoms with van der Waals surface area (Å²) in [7, 11) is 0. The highest BCUT2D eigenvalue weighted by molar-refractivity contribution is 7.98. The van der Waals surface area contributed by atoms with Gasteiger partial charge in [-0.05, 0) is 20.8 Å². The molecule has 0 fully saturated rings. The van der Waals surface area contributed by atoms with Crippen molar-refractivity contribution in [2.75, 3.05) is 13.1 Å². The quantitative estimate of drug-likeness (QED) is 0.520. The SMILES string of the molecule is CCN(CC)C(=O)Oc1cc(C)nc(SCc2c(Cl)cncc2Cl)n1. The molecule has 0 aliphatic rings. The molecule has 2 heterocycles. The van der Waals surface area contributed by atoms with Gasteiger partial charge in [0.05, 0.1) is 10.0 Å². The zero-order chi connectivity index (χ0) is 18.4. The molecule has 2 aromatic rings. The number of carbonyl (C=O) groups excluding carboxylic acids is 1. The van der Waals surface area contributed by atoms with Crippen molar-refractivity contribution in [3.05, 3.63) is 39.8 Å². The van der Waals surface area contributed by atoms with Crippen LogP contribution in [0.2, 0.25) is 10.0 Å². The Hall–Kier alpha value is -1.57. The van der Waals surface area contributed by atoms with Crippen molar-refractivity contribution in [3.8, 4) is 5.88 Å². The number of thioether (sulfide) groups is 1. The van der Waals surface area contributed by atoms with E-state index in [0.29, 0.717) is 39.7 Å². The van der Waals surface area contributed by atoms with E-state index >= 15 is 0 Å². The van der Waals surface area contributed by atoms with Gasteiger partial charge in [0.1, 0.15) is 0 Å². The molecule has 0 radical (unpaired) electrons. The number of hydrogen-bond donors (Lipinski definition) is 0. The molecule has 0 spiro atoms. The fourth-order valence-electron chi connectivity index (χ4n) is 1.98. The summed E-state index contributed by atoms with van der Waals surface area (Å²) in [5, 5.41) is 1.45. The summed E-state index contributed by atoms with van der Waals surface area (Å²) in [6, 6.07) is 1.62. The summed E-state index contributed by atoms with van der Waals surface area (Å²) in [4.78, 5) is 26.2. The van der Waals surface area contributed by atoms with E-state index in [-0.39, 0.29) is 5.88 Å². The van der Waals surface area contributed by atoms with Crippen LogP contribution in [0, 0.1) is 6.92 Å². The smallest absolute Gasteiger partial charge is 0.391 e. The standard InChI is InChI=1S/C16H18Cl2N4O2S/c1-4-22(5-2)16(23)24-14-6-10(3)20-15(21-14)25-9-11-12(17)7-19-8-13(11)18/h6-8H,4-5,9H2,1-3H3. The maximum atomic E-state index is 12.1. The van der Waals surface area contributed by atoms with E-state index in [1.54, 1.807) is 11.0 Å². The molecule has 0 bridgehead atoms. The predicted octanol–water partition coefficient (Wildman–Crippen LogP) is 4.62. The Balaban J connectivity index is 2.12. The number of hydrogen-bond acceptors (Lipinski definition) is 6. The lowest BCUT2D eigenvalue weighted by atomic mass is 10.3. The van der Waals surface area contributed by atoms with Crippen LogP contribution in [0.1, 0.15) is 25.1 Å². The summed E-state index contributed by atoms with van der Waals surface area (Å²) >= 11 is 13.6. The second kappa shape index (κ2) is 9.22. The van der Waals surface area contributed by atoms with E-state index < -0.39 is 6.09 Å². The number of rotatable bonds is 6. The van der Waals surface area contributed by atoms with E-state index in [9.17, 15) is 4.79 Å². The third-order valence-corrected chi connectivity index (χ3v) is 4.85. The average molecular weight is 401 g/mol. The van der Waals surface area contributed by atoms with E-state index in [4.69, 9.17) is 27.9 Å². The van der Waals surface area contributed by atoms with Crippen LogP contribution in [-0.2, 0) is 5.75 Å². The minimum atomic E-state index is -0.431. The van der Waals surface area contributed by atoms with Crippen LogP contribution in [0.5, 0.6) is 5.88 Å². The predicted molar refractivity (Wildman–Crippen MR) is 99.5 cm³/mol. The average Bonchev–Trinajstić information content (AvgIpc) is 2.55. The van der Waals surface area contributed by atoms with Crippen molar-refractivity contribution < 1.29 is 9.53 Å². The molecule has 0 aliphatic carbocycles. The number of amides is 1. The minimum absolute atomic E-state index is 0.221. The maximum Gasteiger partial charge on any atom is 0.416 e.